The first-order valence-corrected chi connectivity index (χ1v) is 6.98. The van der Waals surface area contributed by atoms with E-state index in [4.69, 9.17) is 11.6 Å². The van der Waals surface area contributed by atoms with Crippen LogP contribution in [0.5, 0.6) is 0 Å². The first kappa shape index (κ1) is 14.1. The molecule has 0 aliphatic rings. The van der Waals surface area contributed by atoms with Crippen molar-refractivity contribution in [1.29, 1.82) is 0 Å². The van der Waals surface area contributed by atoms with Gasteiger partial charge >= 0.3 is 0 Å². The first-order valence-electron chi connectivity index (χ1n) is 6.61. The summed E-state index contributed by atoms with van der Waals surface area (Å²) in [6.45, 7) is 3.93. The fourth-order valence-electron chi connectivity index (χ4n) is 2.34. The highest BCUT2D eigenvalue weighted by Gasteiger charge is 2.11. The average molecular weight is 275 g/mol. The van der Waals surface area contributed by atoms with Gasteiger partial charge in [0.15, 0.2) is 0 Å². The number of halogens is 1. The minimum Gasteiger partial charge on any atom is -0.393 e. The second-order valence-corrected chi connectivity index (χ2v) is 5.50. The van der Waals surface area contributed by atoms with Crippen LogP contribution in [0.4, 0.5) is 0 Å². The van der Waals surface area contributed by atoms with Gasteiger partial charge in [0.1, 0.15) is 0 Å². The topological polar surface area (TPSA) is 20.2 Å². The van der Waals surface area contributed by atoms with Gasteiger partial charge in [-0.05, 0) is 36.5 Å². The minimum atomic E-state index is -0.289. The van der Waals surface area contributed by atoms with E-state index < -0.39 is 0 Å². The van der Waals surface area contributed by atoms with Crippen molar-refractivity contribution in [3.63, 3.8) is 0 Å². The summed E-state index contributed by atoms with van der Waals surface area (Å²) in [5, 5.41) is 10.2. The zero-order chi connectivity index (χ0) is 13.8. The quantitative estimate of drug-likeness (QED) is 0.842. The van der Waals surface area contributed by atoms with Crippen LogP contribution in [0.15, 0.2) is 48.5 Å². The Balaban J connectivity index is 2.27. The first-order chi connectivity index (χ1) is 9.08. The lowest BCUT2D eigenvalue weighted by Gasteiger charge is -2.15. The predicted molar refractivity (Wildman–Crippen MR) is 81.6 cm³/mol. The standard InChI is InChI=1S/C17H19ClO/c1-12(10-13(2)19)15-8-9-16(17(18)11-15)14-6-4-3-5-7-14/h3-9,11-13,19H,10H2,1-2H3. The molecule has 0 aromatic heterocycles. The molecule has 0 aliphatic heterocycles. The van der Waals surface area contributed by atoms with Crippen LogP contribution >= 0.6 is 11.6 Å². The van der Waals surface area contributed by atoms with E-state index in [9.17, 15) is 5.11 Å². The van der Waals surface area contributed by atoms with E-state index in [1.165, 1.54) is 5.56 Å². The highest BCUT2D eigenvalue weighted by atomic mass is 35.5. The molecule has 0 spiro atoms. The van der Waals surface area contributed by atoms with E-state index in [0.717, 1.165) is 22.6 Å². The Morgan fingerprint density at radius 2 is 1.74 bits per heavy atom. The van der Waals surface area contributed by atoms with Crippen LogP contribution in [-0.4, -0.2) is 11.2 Å². The third-order valence-corrected chi connectivity index (χ3v) is 3.65. The second kappa shape index (κ2) is 6.23. The molecule has 0 amide bonds. The molecule has 0 bridgehead atoms. The van der Waals surface area contributed by atoms with E-state index in [-0.39, 0.29) is 6.10 Å². The predicted octanol–water partition coefficient (Wildman–Crippen LogP) is 4.88. The van der Waals surface area contributed by atoms with Crippen molar-refractivity contribution in [1.82, 2.24) is 0 Å². The Kier molecular flexibility index (Phi) is 4.62. The monoisotopic (exact) mass is 274 g/mol. The molecule has 2 unspecified atom stereocenters. The molecule has 19 heavy (non-hydrogen) atoms. The van der Waals surface area contributed by atoms with Crippen LogP contribution < -0.4 is 0 Å². The molecular formula is C17H19ClO. The number of aliphatic hydroxyl groups excluding tert-OH is 1. The Morgan fingerprint density at radius 1 is 1.05 bits per heavy atom. The van der Waals surface area contributed by atoms with Gasteiger partial charge in [-0.25, -0.2) is 0 Å². The van der Waals surface area contributed by atoms with E-state index in [1.54, 1.807) is 0 Å². The number of rotatable bonds is 4. The third-order valence-electron chi connectivity index (χ3n) is 3.34. The molecule has 2 atom stereocenters. The van der Waals surface area contributed by atoms with Crippen LogP contribution in [0.1, 0.15) is 31.7 Å². The van der Waals surface area contributed by atoms with Crippen LogP contribution in [-0.2, 0) is 0 Å². The molecule has 100 valence electrons. The molecular weight excluding hydrogens is 256 g/mol. The van der Waals surface area contributed by atoms with Crippen molar-refractivity contribution >= 4 is 11.6 Å². The molecule has 2 heteroatoms. The van der Waals surface area contributed by atoms with Gasteiger partial charge in [0.2, 0.25) is 0 Å². The summed E-state index contributed by atoms with van der Waals surface area (Å²) in [6.07, 6.45) is 0.462. The Hall–Kier alpha value is -1.31. The molecule has 2 aromatic rings. The van der Waals surface area contributed by atoms with Gasteiger partial charge in [-0.15, -0.1) is 0 Å². The summed E-state index contributed by atoms with van der Waals surface area (Å²) in [6, 6.07) is 16.3. The molecule has 0 fully saturated rings. The van der Waals surface area contributed by atoms with Crippen LogP contribution in [0.25, 0.3) is 11.1 Å². The Bertz CT molecular complexity index is 534. The van der Waals surface area contributed by atoms with Crippen molar-refractivity contribution in [2.24, 2.45) is 0 Å². The number of hydrogen-bond donors (Lipinski definition) is 1. The Morgan fingerprint density at radius 3 is 2.32 bits per heavy atom. The lowest BCUT2D eigenvalue weighted by molar-refractivity contribution is 0.176. The molecule has 0 aliphatic carbocycles. The van der Waals surface area contributed by atoms with E-state index in [1.807, 2.05) is 31.2 Å². The van der Waals surface area contributed by atoms with Gasteiger partial charge < -0.3 is 5.11 Å². The van der Waals surface area contributed by atoms with E-state index in [2.05, 4.69) is 31.2 Å². The summed E-state index contributed by atoms with van der Waals surface area (Å²) < 4.78 is 0. The molecule has 2 aromatic carbocycles. The van der Waals surface area contributed by atoms with Gasteiger partial charge in [-0.1, -0.05) is 61.0 Å². The molecule has 2 rings (SSSR count). The Labute approximate surface area is 119 Å². The average Bonchev–Trinajstić information content (AvgIpc) is 2.38. The minimum absolute atomic E-state index is 0.289. The molecule has 0 saturated heterocycles. The third kappa shape index (κ3) is 3.59. The number of hydrogen-bond acceptors (Lipinski definition) is 1. The van der Waals surface area contributed by atoms with Gasteiger partial charge in [0.05, 0.1) is 6.10 Å². The van der Waals surface area contributed by atoms with Crippen molar-refractivity contribution in [2.45, 2.75) is 32.3 Å². The molecule has 1 nitrogen and oxygen atoms in total. The highest BCUT2D eigenvalue weighted by Crippen LogP contribution is 2.31. The van der Waals surface area contributed by atoms with Crippen molar-refractivity contribution in [3.8, 4) is 11.1 Å². The van der Waals surface area contributed by atoms with Gasteiger partial charge in [-0.2, -0.15) is 0 Å². The lowest BCUT2D eigenvalue weighted by Crippen LogP contribution is -2.05. The van der Waals surface area contributed by atoms with E-state index in [0.29, 0.717) is 5.92 Å². The lowest BCUT2D eigenvalue weighted by atomic mass is 9.93. The molecule has 0 heterocycles. The zero-order valence-corrected chi connectivity index (χ0v) is 12.1. The SMILES string of the molecule is CC(O)CC(C)c1ccc(-c2ccccc2)c(Cl)c1. The van der Waals surface area contributed by atoms with Gasteiger partial charge in [0.25, 0.3) is 0 Å². The maximum absolute atomic E-state index is 9.45. The summed E-state index contributed by atoms with van der Waals surface area (Å²) in [5.74, 6) is 0.308. The fourth-order valence-corrected chi connectivity index (χ4v) is 2.64. The molecule has 1 N–H and O–H groups in total. The zero-order valence-electron chi connectivity index (χ0n) is 11.3. The van der Waals surface area contributed by atoms with Gasteiger partial charge in [0, 0.05) is 10.6 Å². The number of aliphatic hydroxyl groups is 1. The largest absolute Gasteiger partial charge is 0.393 e. The van der Waals surface area contributed by atoms with Gasteiger partial charge in [-0.3, -0.25) is 0 Å². The fraction of sp³-hybridized carbons (Fsp3) is 0.294. The summed E-state index contributed by atoms with van der Waals surface area (Å²) in [4.78, 5) is 0. The summed E-state index contributed by atoms with van der Waals surface area (Å²) >= 11 is 6.38. The van der Waals surface area contributed by atoms with Crippen molar-refractivity contribution in [2.75, 3.05) is 0 Å². The summed E-state index contributed by atoms with van der Waals surface area (Å²) in [5.41, 5.74) is 3.35. The van der Waals surface area contributed by atoms with Crippen molar-refractivity contribution < 1.29 is 5.11 Å². The van der Waals surface area contributed by atoms with Crippen molar-refractivity contribution in [3.05, 3.63) is 59.1 Å². The van der Waals surface area contributed by atoms with Crippen LogP contribution in [0, 0.1) is 0 Å². The smallest absolute Gasteiger partial charge is 0.0517 e. The summed E-state index contributed by atoms with van der Waals surface area (Å²) in [7, 11) is 0. The maximum Gasteiger partial charge on any atom is 0.0517 e. The van der Waals surface area contributed by atoms with Crippen LogP contribution in [0.3, 0.4) is 0 Å². The molecule has 0 radical (unpaired) electrons. The normalized spacial score (nSPS) is 14.1. The highest BCUT2D eigenvalue weighted by molar-refractivity contribution is 6.33. The van der Waals surface area contributed by atoms with Crippen LogP contribution in [0.2, 0.25) is 5.02 Å². The maximum atomic E-state index is 9.45. The van der Waals surface area contributed by atoms with E-state index >= 15 is 0 Å². The molecule has 0 saturated carbocycles. The number of benzene rings is 2. The second-order valence-electron chi connectivity index (χ2n) is 5.09.